The van der Waals surface area contributed by atoms with Gasteiger partial charge in [0, 0.05) is 6.42 Å². The van der Waals surface area contributed by atoms with Crippen LogP contribution in [0.2, 0.25) is 0 Å². The maximum Gasteiger partial charge on any atom is 0.305 e. The van der Waals surface area contributed by atoms with Crippen molar-refractivity contribution in [1.82, 2.24) is 0 Å². The number of rotatable bonds is 5. The zero-order valence-corrected chi connectivity index (χ0v) is 11.0. The smallest absolute Gasteiger partial charge is 0.305 e. The summed E-state index contributed by atoms with van der Waals surface area (Å²) < 4.78 is 4.85. The van der Waals surface area contributed by atoms with Crippen LogP contribution in [0, 0.1) is 0 Å². The summed E-state index contributed by atoms with van der Waals surface area (Å²) in [5.41, 5.74) is 0.836. The van der Waals surface area contributed by atoms with Crippen LogP contribution in [-0.4, -0.2) is 17.7 Å². The maximum atomic E-state index is 11.3. The number of esters is 1. The number of carbonyl (C=O) groups excluding carboxylic acids is 1. The molecule has 0 spiro atoms. The van der Waals surface area contributed by atoms with E-state index in [1.54, 1.807) is 6.92 Å². The van der Waals surface area contributed by atoms with E-state index in [1.807, 2.05) is 42.5 Å². The Hall–Kier alpha value is -1.87. The summed E-state index contributed by atoms with van der Waals surface area (Å²) in [6.45, 7) is 2.16. The van der Waals surface area contributed by atoms with Gasteiger partial charge in [0.1, 0.15) is 0 Å². The lowest BCUT2D eigenvalue weighted by molar-refractivity contribution is -0.143. The van der Waals surface area contributed by atoms with Crippen molar-refractivity contribution < 1.29 is 14.6 Å². The molecule has 0 fully saturated rings. The first kappa shape index (κ1) is 13.6. The van der Waals surface area contributed by atoms with Gasteiger partial charge < -0.3 is 9.84 Å². The third-order valence-electron chi connectivity index (χ3n) is 3.09. The van der Waals surface area contributed by atoms with E-state index in [-0.39, 0.29) is 12.4 Å². The van der Waals surface area contributed by atoms with Crippen molar-refractivity contribution >= 4 is 16.7 Å². The number of hydrogen-bond acceptors (Lipinski definition) is 3. The van der Waals surface area contributed by atoms with Crippen LogP contribution in [0.3, 0.4) is 0 Å². The van der Waals surface area contributed by atoms with Gasteiger partial charge in [0.15, 0.2) is 0 Å². The molecule has 1 N–H and O–H groups in total. The Morgan fingerprint density at radius 2 is 1.95 bits per heavy atom. The Kier molecular flexibility index (Phi) is 4.53. The highest BCUT2D eigenvalue weighted by Gasteiger charge is 2.11. The Bertz CT molecular complexity index is 563. The van der Waals surface area contributed by atoms with E-state index in [4.69, 9.17) is 4.74 Å². The SMILES string of the molecule is CCOC(=O)CCC(O)c1ccc2ccccc2c1. The standard InChI is InChI=1S/C16H18O3/c1-2-19-16(18)10-9-15(17)14-8-7-12-5-3-4-6-13(12)11-14/h3-8,11,15,17H,2,9-10H2,1H3. The van der Waals surface area contributed by atoms with E-state index in [0.717, 1.165) is 16.3 Å². The summed E-state index contributed by atoms with van der Waals surface area (Å²) in [5, 5.41) is 12.3. The summed E-state index contributed by atoms with van der Waals surface area (Å²) >= 11 is 0. The van der Waals surface area contributed by atoms with Crippen LogP contribution in [0.4, 0.5) is 0 Å². The highest BCUT2D eigenvalue weighted by Crippen LogP contribution is 2.23. The molecule has 0 aromatic heterocycles. The van der Waals surface area contributed by atoms with E-state index in [1.165, 1.54) is 0 Å². The van der Waals surface area contributed by atoms with Crippen LogP contribution in [0.25, 0.3) is 10.8 Å². The second kappa shape index (κ2) is 6.34. The van der Waals surface area contributed by atoms with Gasteiger partial charge in [0.05, 0.1) is 12.7 Å². The van der Waals surface area contributed by atoms with Crippen LogP contribution >= 0.6 is 0 Å². The zero-order valence-electron chi connectivity index (χ0n) is 11.0. The van der Waals surface area contributed by atoms with Gasteiger partial charge in [-0.25, -0.2) is 0 Å². The minimum atomic E-state index is -0.631. The van der Waals surface area contributed by atoms with Crippen LogP contribution in [0.15, 0.2) is 42.5 Å². The van der Waals surface area contributed by atoms with E-state index in [0.29, 0.717) is 13.0 Å². The van der Waals surface area contributed by atoms with Gasteiger partial charge in [-0.05, 0) is 35.7 Å². The van der Waals surface area contributed by atoms with Gasteiger partial charge in [0.2, 0.25) is 0 Å². The number of hydrogen-bond donors (Lipinski definition) is 1. The number of aliphatic hydroxyl groups is 1. The molecule has 0 aliphatic carbocycles. The van der Waals surface area contributed by atoms with Gasteiger partial charge in [-0.2, -0.15) is 0 Å². The Balaban J connectivity index is 2.04. The molecule has 3 nitrogen and oxygen atoms in total. The van der Waals surface area contributed by atoms with Crippen molar-refractivity contribution in [3.63, 3.8) is 0 Å². The van der Waals surface area contributed by atoms with Crippen LogP contribution in [0.1, 0.15) is 31.4 Å². The zero-order chi connectivity index (χ0) is 13.7. The summed E-state index contributed by atoms with van der Waals surface area (Å²) in [6.07, 6.45) is -0.00653. The van der Waals surface area contributed by atoms with Crippen molar-refractivity contribution in [3.05, 3.63) is 48.0 Å². The fraction of sp³-hybridized carbons (Fsp3) is 0.312. The van der Waals surface area contributed by atoms with Gasteiger partial charge in [0.25, 0.3) is 0 Å². The normalized spacial score (nSPS) is 12.3. The molecule has 1 atom stereocenters. The molecule has 0 aliphatic rings. The second-order valence-corrected chi connectivity index (χ2v) is 4.47. The molecule has 0 bridgehead atoms. The van der Waals surface area contributed by atoms with Crippen molar-refractivity contribution in [3.8, 4) is 0 Å². The average molecular weight is 258 g/mol. The number of ether oxygens (including phenoxy) is 1. The first-order valence-electron chi connectivity index (χ1n) is 6.53. The van der Waals surface area contributed by atoms with Crippen molar-refractivity contribution in [2.24, 2.45) is 0 Å². The fourth-order valence-corrected chi connectivity index (χ4v) is 2.07. The molecular formula is C16H18O3. The Morgan fingerprint density at radius 3 is 2.68 bits per heavy atom. The van der Waals surface area contributed by atoms with Crippen LogP contribution in [0.5, 0.6) is 0 Å². The lowest BCUT2D eigenvalue weighted by Crippen LogP contribution is -2.07. The molecule has 0 aliphatic heterocycles. The van der Waals surface area contributed by atoms with Crippen molar-refractivity contribution in [2.45, 2.75) is 25.9 Å². The lowest BCUT2D eigenvalue weighted by atomic mass is 10.0. The van der Waals surface area contributed by atoms with Crippen LogP contribution in [-0.2, 0) is 9.53 Å². The van der Waals surface area contributed by atoms with Gasteiger partial charge in [-0.1, -0.05) is 36.4 Å². The van der Waals surface area contributed by atoms with E-state index in [9.17, 15) is 9.90 Å². The molecule has 2 aromatic rings. The monoisotopic (exact) mass is 258 g/mol. The third-order valence-corrected chi connectivity index (χ3v) is 3.09. The molecule has 0 saturated carbocycles. The van der Waals surface area contributed by atoms with Crippen molar-refractivity contribution in [1.29, 1.82) is 0 Å². The molecule has 0 heterocycles. The number of aliphatic hydroxyl groups excluding tert-OH is 1. The van der Waals surface area contributed by atoms with Crippen LogP contribution < -0.4 is 0 Å². The molecule has 2 rings (SSSR count). The molecule has 0 amide bonds. The second-order valence-electron chi connectivity index (χ2n) is 4.47. The Labute approximate surface area is 112 Å². The summed E-state index contributed by atoms with van der Waals surface area (Å²) in [7, 11) is 0. The number of carbonyl (C=O) groups is 1. The summed E-state index contributed by atoms with van der Waals surface area (Å²) in [4.78, 5) is 11.3. The molecule has 100 valence electrons. The first-order valence-corrected chi connectivity index (χ1v) is 6.53. The molecule has 0 saturated heterocycles. The van der Waals surface area contributed by atoms with E-state index in [2.05, 4.69) is 0 Å². The predicted molar refractivity (Wildman–Crippen MR) is 74.8 cm³/mol. The average Bonchev–Trinajstić information content (AvgIpc) is 2.44. The minimum Gasteiger partial charge on any atom is -0.466 e. The van der Waals surface area contributed by atoms with Crippen molar-refractivity contribution in [2.75, 3.05) is 6.61 Å². The molecule has 3 heteroatoms. The molecule has 19 heavy (non-hydrogen) atoms. The molecule has 0 radical (unpaired) electrons. The number of fused-ring (bicyclic) bond motifs is 1. The fourth-order valence-electron chi connectivity index (χ4n) is 2.07. The topological polar surface area (TPSA) is 46.5 Å². The van der Waals surface area contributed by atoms with E-state index < -0.39 is 6.10 Å². The lowest BCUT2D eigenvalue weighted by Gasteiger charge is -2.11. The quantitative estimate of drug-likeness (QED) is 0.838. The largest absolute Gasteiger partial charge is 0.466 e. The highest BCUT2D eigenvalue weighted by atomic mass is 16.5. The van der Waals surface area contributed by atoms with Gasteiger partial charge in [-0.15, -0.1) is 0 Å². The van der Waals surface area contributed by atoms with Gasteiger partial charge >= 0.3 is 5.97 Å². The highest BCUT2D eigenvalue weighted by molar-refractivity contribution is 5.83. The molecule has 1 unspecified atom stereocenters. The first-order chi connectivity index (χ1) is 9.20. The Morgan fingerprint density at radius 1 is 1.21 bits per heavy atom. The third kappa shape index (κ3) is 3.55. The minimum absolute atomic E-state index is 0.238. The predicted octanol–water partition coefficient (Wildman–Crippen LogP) is 3.22. The van der Waals surface area contributed by atoms with Gasteiger partial charge in [-0.3, -0.25) is 4.79 Å². The summed E-state index contributed by atoms with van der Waals surface area (Å²) in [5.74, 6) is -0.262. The molecule has 2 aromatic carbocycles. The maximum absolute atomic E-state index is 11.3. The summed E-state index contributed by atoms with van der Waals surface area (Å²) in [6, 6.07) is 13.8. The van der Waals surface area contributed by atoms with E-state index >= 15 is 0 Å². The molecular weight excluding hydrogens is 240 g/mol. The number of benzene rings is 2.